The molecule has 1 rings (SSSR count). The topological polar surface area (TPSA) is 69.2 Å². The molecule has 0 aliphatic heterocycles. The molecule has 0 aromatic heterocycles. The van der Waals surface area contributed by atoms with Crippen molar-refractivity contribution < 1.29 is 13.7 Å². The second-order valence-corrected chi connectivity index (χ2v) is 2.51. The quantitative estimate of drug-likeness (QED) is 0.414. The molecule has 0 saturated carbocycles. The third-order valence-corrected chi connectivity index (χ3v) is 1.59. The number of hydrogen-bond acceptors (Lipinski definition) is 3. The number of anilines is 1. The van der Waals surface area contributed by atoms with Gasteiger partial charge in [-0.1, -0.05) is 0 Å². The van der Waals surface area contributed by atoms with Crippen LogP contribution in [0.15, 0.2) is 6.07 Å². The fourth-order valence-electron chi connectivity index (χ4n) is 0.911. The van der Waals surface area contributed by atoms with Crippen LogP contribution in [-0.2, 0) is 0 Å². The Morgan fingerprint density at radius 1 is 1.46 bits per heavy atom. The minimum atomic E-state index is -1.33. The van der Waals surface area contributed by atoms with Gasteiger partial charge in [-0.2, -0.15) is 4.39 Å². The number of nitrogen functional groups attached to an aromatic ring is 1. The van der Waals surface area contributed by atoms with E-state index in [1.165, 1.54) is 6.92 Å². The number of nitrogens with two attached hydrogens (primary N) is 1. The van der Waals surface area contributed by atoms with Crippen LogP contribution < -0.4 is 5.73 Å². The average Bonchev–Trinajstić information content (AvgIpc) is 2.07. The van der Waals surface area contributed by atoms with E-state index in [0.29, 0.717) is 0 Å². The van der Waals surface area contributed by atoms with Crippen molar-refractivity contribution in [3.63, 3.8) is 0 Å². The van der Waals surface area contributed by atoms with Gasteiger partial charge in [0.1, 0.15) is 5.69 Å². The summed E-state index contributed by atoms with van der Waals surface area (Å²) in [4.78, 5) is 9.28. The van der Waals surface area contributed by atoms with Gasteiger partial charge in [-0.3, -0.25) is 10.1 Å². The largest absolute Gasteiger partial charge is 0.394 e. The average molecular weight is 188 g/mol. The summed E-state index contributed by atoms with van der Waals surface area (Å²) in [6, 6.07) is 0.807. The minimum absolute atomic E-state index is 0.0504. The Morgan fingerprint density at radius 3 is 2.46 bits per heavy atom. The molecule has 0 bridgehead atoms. The lowest BCUT2D eigenvalue weighted by molar-refractivity contribution is -0.387. The van der Waals surface area contributed by atoms with E-state index in [2.05, 4.69) is 0 Å². The Bertz CT molecular complexity index is 379. The van der Waals surface area contributed by atoms with Crippen LogP contribution in [0, 0.1) is 28.7 Å². The lowest BCUT2D eigenvalue weighted by Gasteiger charge is -2.02. The first kappa shape index (κ1) is 9.37. The number of nitrogens with zero attached hydrogens (tertiary/aromatic N) is 1. The van der Waals surface area contributed by atoms with E-state index in [1.54, 1.807) is 0 Å². The van der Waals surface area contributed by atoms with Crippen LogP contribution >= 0.6 is 0 Å². The molecule has 0 aliphatic carbocycles. The number of hydrogen-bond donors (Lipinski definition) is 1. The lowest BCUT2D eigenvalue weighted by Crippen LogP contribution is -2.02. The zero-order valence-electron chi connectivity index (χ0n) is 6.67. The smallest absolute Gasteiger partial charge is 0.307 e. The van der Waals surface area contributed by atoms with Crippen LogP contribution in [-0.4, -0.2) is 4.92 Å². The van der Waals surface area contributed by atoms with Crippen LogP contribution in [0.4, 0.5) is 20.2 Å². The van der Waals surface area contributed by atoms with Crippen molar-refractivity contribution in [2.75, 3.05) is 5.73 Å². The van der Waals surface area contributed by atoms with Crippen molar-refractivity contribution in [2.24, 2.45) is 0 Å². The fourth-order valence-corrected chi connectivity index (χ4v) is 0.911. The molecule has 0 amide bonds. The van der Waals surface area contributed by atoms with E-state index in [0.717, 1.165) is 6.07 Å². The summed E-state index contributed by atoms with van der Waals surface area (Å²) in [7, 11) is 0. The lowest BCUT2D eigenvalue weighted by atomic mass is 10.1. The Kier molecular flexibility index (Phi) is 2.14. The highest BCUT2D eigenvalue weighted by Crippen LogP contribution is 2.27. The maximum atomic E-state index is 12.9. The second-order valence-electron chi connectivity index (χ2n) is 2.51. The number of halogens is 2. The highest BCUT2D eigenvalue weighted by Gasteiger charge is 2.21. The van der Waals surface area contributed by atoms with E-state index in [9.17, 15) is 18.9 Å². The summed E-state index contributed by atoms with van der Waals surface area (Å²) >= 11 is 0. The SMILES string of the molecule is Cc1cc([N+](=O)[O-])c(F)c(N)c1F. The van der Waals surface area contributed by atoms with Gasteiger partial charge in [0, 0.05) is 6.07 Å². The van der Waals surface area contributed by atoms with Crippen molar-refractivity contribution >= 4 is 11.4 Å². The van der Waals surface area contributed by atoms with Crippen LogP contribution in [0.3, 0.4) is 0 Å². The van der Waals surface area contributed by atoms with Crippen molar-refractivity contribution in [3.05, 3.63) is 33.4 Å². The number of rotatable bonds is 1. The van der Waals surface area contributed by atoms with E-state index >= 15 is 0 Å². The van der Waals surface area contributed by atoms with Gasteiger partial charge in [0.2, 0.25) is 5.82 Å². The summed E-state index contributed by atoms with van der Waals surface area (Å²) in [5.74, 6) is -2.28. The predicted molar refractivity (Wildman–Crippen MR) is 42.2 cm³/mol. The van der Waals surface area contributed by atoms with Gasteiger partial charge in [-0.05, 0) is 12.5 Å². The standard InChI is InChI=1S/C7H6F2N2O2/c1-3-2-4(11(12)13)6(9)7(10)5(3)8/h2H,10H2,1H3. The van der Waals surface area contributed by atoms with Crippen molar-refractivity contribution in [1.82, 2.24) is 0 Å². The summed E-state index contributed by atoms with van der Waals surface area (Å²) in [6.45, 7) is 1.28. The highest BCUT2D eigenvalue weighted by atomic mass is 19.1. The molecule has 0 radical (unpaired) electrons. The molecule has 13 heavy (non-hydrogen) atoms. The third-order valence-electron chi connectivity index (χ3n) is 1.59. The highest BCUT2D eigenvalue weighted by molar-refractivity contribution is 5.53. The first-order chi connectivity index (χ1) is 5.95. The van der Waals surface area contributed by atoms with Crippen molar-refractivity contribution in [1.29, 1.82) is 0 Å². The van der Waals surface area contributed by atoms with Gasteiger partial charge in [0.05, 0.1) is 4.92 Å². The summed E-state index contributed by atoms with van der Waals surface area (Å²) in [5, 5.41) is 10.2. The fraction of sp³-hybridized carbons (Fsp3) is 0.143. The normalized spacial score (nSPS) is 10.1. The Morgan fingerprint density at radius 2 is 2.00 bits per heavy atom. The molecular weight excluding hydrogens is 182 g/mol. The Hall–Kier alpha value is -1.72. The molecule has 0 aliphatic rings. The number of nitro benzene ring substituents is 1. The molecule has 1 aromatic carbocycles. The molecule has 0 fully saturated rings. The van der Waals surface area contributed by atoms with Crippen LogP contribution in [0.25, 0.3) is 0 Å². The molecule has 0 spiro atoms. The van der Waals surface area contributed by atoms with E-state index in [1.807, 2.05) is 0 Å². The van der Waals surface area contributed by atoms with Gasteiger partial charge in [-0.25, -0.2) is 4.39 Å². The number of aryl methyl sites for hydroxylation is 1. The molecule has 0 saturated heterocycles. The molecule has 6 heteroatoms. The molecule has 1 aromatic rings. The molecule has 70 valence electrons. The maximum absolute atomic E-state index is 12.9. The van der Waals surface area contributed by atoms with Crippen LogP contribution in [0.2, 0.25) is 0 Å². The van der Waals surface area contributed by atoms with Gasteiger partial charge in [-0.15, -0.1) is 0 Å². The third kappa shape index (κ3) is 1.42. The van der Waals surface area contributed by atoms with E-state index in [-0.39, 0.29) is 5.56 Å². The monoisotopic (exact) mass is 188 g/mol. The molecule has 2 N–H and O–H groups in total. The predicted octanol–water partition coefficient (Wildman–Crippen LogP) is 1.76. The zero-order chi connectivity index (χ0) is 10.2. The number of nitro groups is 1. The van der Waals surface area contributed by atoms with Crippen molar-refractivity contribution in [3.8, 4) is 0 Å². The van der Waals surface area contributed by atoms with Crippen LogP contribution in [0.1, 0.15) is 5.56 Å². The van der Waals surface area contributed by atoms with Gasteiger partial charge < -0.3 is 5.73 Å². The van der Waals surface area contributed by atoms with Gasteiger partial charge in [0.25, 0.3) is 0 Å². The van der Waals surface area contributed by atoms with Gasteiger partial charge in [0.15, 0.2) is 5.82 Å². The van der Waals surface area contributed by atoms with Gasteiger partial charge >= 0.3 is 5.69 Å². The Labute approximate surface area is 72.1 Å². The van der Waals surface area contributed by atoms with Crippen LogP contribution in [0.5, 0.6) is 0 Å². The molecule has 0 unspecified atom stereocenters. The second kappa shape index (κ2) is 2.96. The molecule has 0 heterocycles. The summed E-state index contributed by atoms with van der Waals surface area (Å²) in [6.07, 6.45) is 0. The molecule has 4 nitrogen and oxygen atoms in total. The van der Waals surface area contributed by atoms with Crippen molar-refractivity contribution in [2.45, 2.75) is 6.92 Å². The van der Waals surface area contributed by atoms with E-state index in [4.69, 9.17) is 5.73 Å². The Balaban J connectivity index is 3.50. The minimum Gasteiger partial charge on any atom is -0.394 e. The number of benzene rings is 1. The molecule has 0 atom stereocenters. The first-order valence-electron chi connectivity index (χ1n) is 3.33. The summed E-state index contributed by atoms with van der Waals surface area (Å²) in [5.41, 5.74) is 3.29. The maximum Gasteiger partial charge on any atom is 0.307 e. The summed E-state index contributed by atoms with van der Waals surface area (Å²) < 4.78 is 25.7. The molecular formula is C7H6F2N2O2. The first-order valence-corrected chi connectivity index (χ1v) is 3.33. The zero-order valence-corrected chi connectivity index (χ0v) is 6.67. The van der Waals surface area contributed by atoms with E-state index < -0.39 is 27.9 Å².